The molecule has 0 radical (unpaired) electrons. The number of nitrogens with zero attached hydrogens (tertiary/aromatic N) is 2. The molecule has 0 fully saturated rings. The zero-order valence-corrected chi connectivity index (χ0v) is 11.1. The summed E-state index contributed by atoms with van der Waals surface area (Å²) in [6.07, 6.45) is 2.01. The van der Waals surface area contributed by atoms with Crippen molar-refractivity contribution in [3.8, 4) is 0 Å². The van der Waals surface area contributed by atoms with Crippen LogP contribution in [-0.4, -0.2) is 17.6 Å². The summed E-state index contributed by atoms with van der Waals surface area (Å²) in [6, 6.07) is 7.87. The summed E-state index contributed by atoms with van der Waals surface area (Å²) in [5.41, 5.74) is 3.79. The molecule has 0 aliphatic carbocycles. The minimum Gasteiger partial charge on any atom is -0.361 e. The Bertz CT molecular complexity index is 631. The Hall–Kier alpha value is -2.10. The van der Waals surface area contributed by atoms with Crippen LogP contribution in [0.25, 0.3) is 0 Å². The molecule has 0 unspecified atom stereocenters. The highest BCUT2D eigenvalue weighted by Gasteiger charge is 2.26. The summed E-state index contributed by atoms with van der Waals surface area (Å²) in [5, 5.41) is 3.83. The van der Waals surface area contributed by atoms with Gasteiger partial charge in [-0.1, -0.05) is 23.4 Å². The van der Waals surface area contributed by atoms with Gasteiger partial charge in [-0.05, 0) is 37.8 Å². The van der Waals surface area contributed by atoms with E-state index in [-0.39, 0.29) is 5.91 Å². The lowest BCUT2D eigenvalue weighted by atomic mass is 9.98. The van der Waals surface area contributed by atoms with Gasteiger partial charge in [0.05, 0.1) is 5.69 Å². The second kappa shape index (κ2) is 4.53. The molecule has 1 aromatic carbocycles. The number of carbonyl (C=O) groups excluding carboxylic acids is 1. The number of amides is 1. The number of benzene rings is 1. The van der Waals surface area contributed by atoms with Crippen molar-refractivity contribution in [1.82, 2.24) is 5.16 Å². The average molecular weight is 256 g/mol. The highest BCUT2D eigenvalue weighted by atomic mass is 16.5. The number of para-hydroxylation sites is 1. The Morgan fingerprint density at radius 3 is 2.95 bits per heavy atom. The maximum absolute atomic E-state index is 12.5. The van der Waals surface area contributed by atoms with Gasteiger partial charge >= 0.3 is 0 Å². The number of aromatic nitrogens is 1. The van der Waals surface area contributed by atoms with Crippen molar-refractivity contribution in [3.63, 3.8) is 0 Å². The molecule has 2 aromatic rings. The monoisotopic (exact) mass is 256 g/mol. The highest BCUT2D eigenvalue weighted by Crippen LogP contribution is 2.31. The van der Waals surface area contributed by atoms with Gasteiger partial charge in [0.2, 0.25) is 0 Å². The molecule has 1 aliphatic rings. The smallest absolute Gasteiger partial charge is 0.280 e. The van der Waals surface area contributed by atoms with Crippen LogP contribution < -0.4 is 4.90 Å². The van der Waals surface area contributed by atoms with Crippen LogP contribution in [0, 0.1) is 13.8 Å². The quantitative estimate of drug-likeness (QED) is 0.788. The molecule has 0 spiro atoms. The molecular formula is C15H16N2O2. The molecule has 98 valence electrons. The number of hydrogen-bond donors (Lipinski definition) is 0. The fourth-order valence-corrected chi connectivity index (χ4v) is 2.66. The van der Waals surface area contributed by atoms with Crippen LogP contribution in [0.4, 0.5) is 5.69 Å². The van der Waals surface area contributed by atoms with Crippen LogP contribution in [-0.2, 0) is 6.42 Å². The molecule has 1 aliphatic heterocycles. The van der Waals surface area contributed by atoms with Gasteiger partial charge in [-0.15, -0.1) is 0 Å². The standard InChI is InChI=1S/C15H16N2O2/c1-10-5-3-6-12-7-4-8-17(14(10)12)15(18)13-9-11(2)19-16-13/h3,5-6,9H,4,7-8H2,1-2H3. The van der Waals surface area contributed by atoms with E-state index in [9.17, 15) is 4.79 Å². The molecule has 19 heavy (non-hydrogen) atoms. The molecule has 2 heterocycles. The van der Waals surface area contributed by atoms with Crippen molar-refractivity contribution in [2.75, 3.05) is 11.4 Å². The van der Waals surface area contributed by atoms with Crippen LogP contribution in [0.15, 0.2) is 28.8 Å². The topological polar surface area (TPSA) is 46.3 Å². The SMILES string of the molecule is Cc1cc(C(=O)N2CCCc3cccc(C)c32)no1. The Kier molecular flexibility index (Phi) is 2.85. The second-order valence-electron chi connectivity index (χ2n) is 4.97. The second-order valence-corrected chi connectivity index (χ2v) is 4.97. The minimum absolute atomic E-state index is 0.0768. The average Bonchev–Trinajstić information content (AvgIpc) is 2.84. The van der Waals surface area contributed by atoms with Gasteiger partial charge in [-0.2, -0.15) is 0 Å². The number of aryl methyl sites for hydroxylation is 3. The first-order chi connectivity index (χ1) is 9.16. The van der Waals surface area contributed by atoms with Crippen LogP contribution in [0.1, 0.15) is 33.8 Å². The van der Waals surface area contributed by atoms with Gasteiger partial charge in [0.25, 0.3) is 5.91 Å². The molecule has 0 saturated carbocycles. The Morgan fingerprint density at radius 1 is 1.37 bits per heavy atom. The molecular weight excluding hydrogens is 240 g/mol. The molecule has 0 atom stereocenters. The number of fused-ring (bicyclic) bond motifs is 1. The maximum Gasteiger partial charge on any atom is 0.280 e. The third-order valence-corrected chi connectivity index (χ3v) is 3.51. The van der Waals surface area contributed by atoms with Crippen LogP contribution in [0.3, 0.4) is 0 Å². The highest BCUT2D eigenvalue weighted by molar-refractivity contribution is 6.05. The summed E-state index contributed by atoms with van der Waals surface area (Å²) in [5.74, 6) is 0.581. The first-order valence-electron chi connectivity index (χ1n) is 6.50. The number of carbonyl (C=O) groups is 1. The van der Waals surface area contributed by atoms with Gasteiger partial charge in [-0.3, -0.25) is 4.79 Å². The van der Waals surface area contributed by atoms with Crippen LogP contribution in [0.2, 0.25) is 0 Å². The Labute approximate surface area is 112 Å². The molecule has 3 rings (SSSR count). The lowest BCUT2D eigenvalue weighted by molar-refractivity contribution is 0.0976. The zero-order chi connectivity index (χ0) is 13.4. The Balaban J connectivity index is 2.02. The fourth-order valence-electron chi connectivity index (χ4n) is 2.66. The van der Waals surface area contributed by atoms with Crippen molar-refractivity contribution in [3.05, 3.63) is 46.8 Å². The normalized spacial score (nSPS) is 14.3. The lowest BCUT2D eigenvalue weighted by Crippen LogP contribution is -2.36. The van der Waals surface area contributed by atoms with E-state index in [1.54, 1.807) is 13.0 Å². The number of rotatable bonds is 1. The zero-order valence-electron chi connectivity index (χ0n) is 11.1. The van der Waals surface area contributed by atoms with Crippen molar-refractivity contribution in [2.45, 2.75) is 26.7 Å². The molecule has 0 N–H and O–H groups in total. The van der Waals surface area contributed by atoms with Gasteiger partial charge in [0.15, 0.2) is 5.69 Å². The first kappa shape index (κ1) is 12.0. The maximum atomic E-state index is 12.5. The summed E-state index contributed by atoms with van der Waals surface area (Å²) in [7, 11) is 0. The summed E-state index contributed by atoms with van der Waals surface area (Å²) >= 11 is 0. The molecule has 1 aromatic heterocycles. The minimum atomic E-state index is -0.0768. The number of hydrogen-bond acceptors (Lipinski definition) is 3. The summed E-state index contributed by atoms with van der Waals surface area (Å²) in [6.45, 7) is 4.57. The van der Waals surface area contributed by atoms with E-state index in [4.69, 9.17) is 4.52 Å². The van der Waals surface area contributed by atoms with Gasteiger partial charge < -0.3 is 9.42 Å². The Morgan fingerprint density at radius 2 is 2.21 bits per heavy atom. The van der Waals surface area contributed by atoms with E-state index in [0.717, 1.165) is 30.6 Å². The largest absolute Gasteiger partial charge is 0.361 e. The van der Waals surface area contributed by atoms with Crippen molar-refractivity contribution < 1.29 is 9.32 Å². The predicted octanol–water partition coefficient (Wildman–Crippen LogP) is 2.88. The van der Waals surface area contributed by atoms with Crippen molar-refractivity contribution >= 4 is 11.6 Å². The molecule has 0 saturated heterocycles. The van der Waals surface area contributed by atoms with Crippen molar-refractivity contribution in [1.29, 1.82) is 0 Å². The molecule has 4 nitrogen and oxygen atoms in total. The van der Waals surface area contributed by atoms with E-state index in [1.165, 1.54) is 5.56 Å². The van der Waals surface area contributed by atoms with E-state index in [1.807, 2.05) is 24.0 Å². The van der Waals surface area contributed by atoms with E-state index in [2.05, 4.69) is 11.2 Å². The predicted molar refractivity (Wildman–Crippen MR) is 72.4 cm³/mol. The molecule has 0 bridgehead atoms. The third kappa shape index (κ3) is 2.03. The lowest BCUT2D eigenvalue weighted by Gasteiger charge is -2.30. The van der Waals surface area contributed by atoms with E-state index < -0.39 is 0 Å². The van der Waals surface area contributed by atoms with E-state index in [0.29, 0.717) is 11.5 Å². The van der Waals surface area contributed by atoms with Gasteiger partial charge in [0, 0.05) is 12.6 Å². The third-order valence-electron chi connectivity index (χ3n) is 3.51. The fraction of sp³-hybridized carbons (Fsp3) is 0.333. The van der Waals surface area contributed by atoms with Crippen LogP contribution in [0.5, 0.6) is 0 Å². The van der Waals surface area contributed by atoms with Crippen LogP contribution >= 0.6 is 0 Å². The summed E-state index contributed by atoms with van der Waals surface area (Å²) < 4.78 is 5.00. The molecule has 1 amide bonds. The van der Waals surface area contributed by atoms with Crippen molar-refractivity contribution in [2.24, 2.45) is 0 Å². The van der Waals surface area contributed by atoms with E-state index >= 15 is 0 Å². The first-order valence-corrected chi connectivity index (χ1v) is 6.50. The van der Waals surface area contributed by atoms with Gasteiger partial charge in [0.1, 0.15) is 5.76 Å². The summed E-state index contributed by atoms with van der Waals surface area (Å²) in [4.78, 5) is 14.4. The molecule has 4 heteroatoms. The number of anilines is 1. The van der Waals surface area contributed by atoms with Gasteiger partial charge in [-0.25, -0.2) is 0 Å².